The second-order valence-electron chi connectivity index (χ2n) is 21.1. The van der Waals surface area contributed by atoms with Gasteiger partial charge in [0.25, 0.3) is 0 Å². The van der Waals surface area contributed by atoms with Crippen LogP contribution in [-0.4, -0.2) is 51.7 Å². The molecule has 1 saturated heterocycles. The van der Waals surface area contributed by atoms with Crippen LogP contribution in [0.5, 0.6) is 0 Å². The lowest BCUT2D eigenvalue weighted by Gasteiger charge is -2.32. The lowest BCUT2D eigenvalue weighted by atomic mass is 9.71. The summed E-state index contributed by atoms with van der Waals surface area (Å²) in [5.74, 6) is -1.02. The molecular weight excluding hydrogens is 1050 g/mol. The van der Waals surface area contributed by atoms with E-state index in [1.165, 1.54) is 58.1 Å². The van der Waals surface area contributed by atoms with Gasteiger partial charge in [0.1, 0.15) is 32.9 Å². The largest absolute Gasteiger partial charge is 0.495 e. The maximum Gasteiger partial charge on any atom is 0.495 e. The van der Waals surface area contributed by atoms with Crippen molar-refractivity contribution in [3.63, 3.8) is 0 Å². The van der Waals surface area contributed by atoms with Crippen LogP contribution in [0.15, 0.2) is 89.0 Å². The van der Waals surface area contributed by atoms with Crippen LogP contribution in [0.25, 0.3) is 41.3 Å². The van der Waals surface area contributed by atoms with Crippen LogP contribution in [-0.2, 0) is 31.6 Å². The van der Waals surface area contributed by atoms with Crippen molar-refractivity contribution in [3.8, 4) is 31.6 Å². The maximum atomic E-state index is 13.7. The summed E-state index contributed by atoms with van der Waals surface area (Å²) in [5, 5.41) is 7.57. The second-order valence-corrected chi connectivity index (χ2v) is 24.6. The summed E-state index contributed by atoms with van der Waals surface area (Å²) >= 11 is 6.26. The van der Waals surface area contributed by atoms with E-state index in [0.717, 1.165) is 90.5 Å². The van der Waals surface area contributed by atoms with E-state index in [1.807, 2.05) is 59.9 Å². The summed E-state index contributed by atoms with van der Waals surface area (Å²) in [6.07, 6.45) is 8.33. The lowest BCUT2D eigenvalue weighted by Crippen LogP contribution is -2.41. The molecule has 0 bridgehead atoms. The van der Waals surface area contributed by atoms with E-state index >= 15 is 0 Å². The molecule has 0 saturated carbocycles. The molecule has 2 aliphatic carbocycles. The minimum Gasteiger partial charge on any atom is -0.444 e. The number of halogens is 3. The van der Waals surface area contributed by atoms with E-state index in [1.54, 1.807) is 18.3 Å². The Morgan fingerprint density at radius 2 is 1.19 bits per heavy atom. The van der Waals surface area contributed by atoms with Gasteiger partial charge in [0.05, 0.1) is 51.3 Å². The maximum absolute atomic E-state index is 13.7. The number of thiazole rings is 2. The first kappa shape index (κ1) is 55.7. The first-order valence-electron chi connectivity index (χ1n) is 24.4. The Morgan fingerprint density at radius 3 is 1.68 bits per heavy atom. The van der Waals surface area contributed by atoms with Crippen molar-refractivity contribution in [2.45, 2.75) is 142 Å². The van der Waals surface area contributed by atoms with Gasteiger partial charge in [-0.3, -0.25) is 0 Å². The van der Waals surface area contributed by atoms with Crippen molar-refractivity contribution in [2.24, 2.45) is 0 Å². The number of nitrogens with zero attached hydrogens (tertiary/aromatic N) is 4. The Bertz CT molecular complexity index is 3100. The molecule has 2 aromatic heterocycles. The summed E-state index contributed by atoms with van der Waals surface area (Å²) in [7, 11) is -0.384. The average molecular weight is 1110 g/mol. The highest BCUT2D eigenvalue weighted by Crippen LogP contribution is 2.42. The summed E-state index contributed by atoms with van der Waals surface area (Å²) in [6, 6.07) is 21.1. The number of hydrogen-bond acceptors (Lipinski definition) is 10. The molecule has 386 valence electrons. The molecule has 4 aromatic carbocycles. The Kier molecular flexibility index (Phi) is 17.2. The molecule has 0 unspecified atom stereocenters. The van der Waals surface area contributed by atoms with Gasteiger partial charge >= 0.3 is 19.3 Å². The lowest BCUT2D eigenvalue weighted by molar-refractivity contribution is 0.00578. The van der Waals surface area contributed by atoms with Crippen molar-refractivity contribution in [1.29, 1.82) is 0 Å². The first-order valence-corrected chi connectivity index (χ1v) is 26.8. The average Bonchev–Trinajstić information content (AvgIpc) is 4.05. The summed E-state index contributed by atoms with van der Waals surface area (Å²) in [4.78, 5) is 40.6. The zero-order chi connectivity index (χ0) is 53.8. The minimum atomic E-state index is -0.546. The number of rotatable bonds is 6. The number of alkyl carbamates (subject to hydrolysis) is 2. The summed E-state index contributed by atoms with van der Waals surface area (Å²) in [5.41, 5.74) is 6.54. The normalized spacial score (nSPS) is 17.4. The molecule has 2 N–H and O–H groups in total. The quantitative estimate of drug-likeness (QED) is 0.125. The fourth-order valence-electron chi connectivity index (χ4n) is 8.73. The third-order valence-corrected chi connectivity index (χ3v) is 15.4. The minimum absolute atomic E-state index is 0.00704. The Labute approximate surface area is 449 Å². The van der Waals surface area contributed by atoms with E-state index in [-0.39, 0.29) is 47.9 Å². The van der Waals surface area contributed by atoms with E-state index in [0.29, 0.717) is 0 Å². The zero-order valence-corrected chi connectivity index (χ0v) is 46.5. The summed E-state index contributed by atoms with van der Waals surface area (Å²) in [6.45, 7) is 33.4. The fourth-order valence-corrected chi connectivity index (χ4v) is 10.9. The molecule has 1 fully saturated rings. The number of carbonyl (C=O) groups excluding carboxylic acids is 2. The molecule has 74 heavy (non-hydrogen) atoms. The van der Waals surface area contributed by atoms with Crippen molar-refractivity contribution in [3.05, 3.63) is 146 Å². The Balaban J connectivity index is 0.000000172. The molecule has 2 amide bonds. The number of carbonyl (C=O) groups is 2. The Hall–Kier alpha value is -6.02. The van der Waals surface area contributed by atoms with E-state index in [9.17, 15) is 18.4 Å². The van der Waals surface area contributed by atoms with Crippen molar-refractivity contribution < 1.29 is 37.2 Å². The van der Waals surface area contributed by atoms with E-state index in [4.69, 9.17) is 31.9 Å². The third kappa shape index (κ3) is 13.6. The number of ether oxygens (including phenoxy) is 2. The van der Waals surface area contributed by atoms with Crippen LogP contribution >= 0.6 is 38.6 Å². The molecule has 9 rings (SSSR count). The number of amides is 2. The molecule has 6 aromatic rings. The zero-order valence-electron chi connectivity index (χ0n) is 43.2. The molecule has 0 radical (unpaired) electrons. The molecule has 0 spiro atoms. The molecular formula is C56H60BBrF2N6O6S2. The molecule has 2 atom stereocenters. The molecule has 18 heteroatoms. The highest BCUT2D eigenvalue weighted by Gasteiger charge is 2.52. The number of fused-ring (bicyclic) bond motifs is 2. The van der Waals surface area contributed by atoms with E-state index in [2.05, 4.69) is 98.2 Å². The van der Waals surface area contributed by atoms with Crippen molar-refractivity contribution >= 4 is 74.7 Å². The molecule has 3 heterocycles. The van der Waals surface area contributed by atoms with Crippen molar-refractivity contribution in [1.82, 2.24) is 20.6 Å². The van der Waals surface area contributed by atoms with Crippen LogP contribution in [0, 0.1) is 24.8 Å². The van der Waals surface area contributed by atoms with E-state index < -0.39 is 28.9 Å². The molecule has 3 aliphatic rings. The van der Waals surface area contributed by atoms with Gasteiger partial charge in [0, 0.05) is 17.3 Å². The summed E-state index contributed by atoms with van der Waals surface area (Å²) < 4.78 is 51.1. The van der Waals surface area contributed by atoms with Crippen LogP contribution < -0.4 is 16.1 Å². The van der Waals surface area contributed by atoms with Gasteiger partial charge in [0.15, 0.2) is 0 Å². The van der Waals surface area contributed by atoms with Gasteiger partial charge in [-0.15, -0.1) is 22.7 Å². The number of aromatic nitrogens is 2. The van der Waals surface area contributed by atoms with Crippen LogP contribution in [0.1, 0.15) is 129 Å². The van der Waals surface area contributed by atoms with Gasteiger partial charge in [-0.1, -0.05) is 48.5 Å². The third-order valence-electron chi connectivity index (χ3n) is 12.8. The van der Waals surface area contributed by atoms with Crippen LogP contribution in [0.3, 0.4) is 0 Å². The standard InChI is InChI=1S/C25H24FN3O2S.C21H32BNO4.C10H4BrFN2S/c1-25(2,3)31-24(30)29-20-10-6-7-16-17(20)8-5-9-18(16)22-14-28-23(32-22)15-11-12-19(26)21(13-15)27-4;1-19(2,3)25-18(24)23-17-13-9-10-14-15(17)11-8-12-16(14)22-26-20(4,5)21(6,7)27-22;1-13-8-4-6(2-3-7(8)12)10-14-5-9(11)15-10/h5,8-9,11-14,20H,6-7,10H2,1-3H3,(H,29,30);8,11-12,17H,9-10,13H2,1-7H3,(H,23,24);2-5H/t20-;17-;/m11./s1. The van der Waals surface area contributed by atoms with Gasteiger partial charge in [0.2, 0.25) is 11.4 Å². The van der Waals surface area contributed by atoms with Crippen LogP contribution in [0.4, 0.5) is 29.7 Å². The molecule has 1 aliphatic heterocycles. The SMILES string of the molecule is CC(C)(C)OC(=O)N[C@@H]1CCCc2c(B3OC(C)(C)C(C)(C)O3)cccc21.[C-]#[N+]c1cc(-c2ncc(-c3cccc4c3CCC[C@H]4NC(=O)OC(C)(C)C)s2)ccc1F.[C-]#[N+]c1cc(-c2ncc(Br)s2)ccc1F. The van der Waals surface area contributed by atoms with Gasteiger partial charge in [-0.05, 0) is 181 Å². The number of hydrogen-bond donors (Lipinski definition) is 2. The fraction of sp³-hybridized carbons (Fsp3) is 0.393. The topological polar surface area (TPSA) is 130 Å². The predicted molar refractivity (Wildman–Crippen MR) is 293 cm³/mol. The monoisotopic (exact) mass is 1100 g/mol. The predicted octanol–water partition coefficient (Wildman–Crippen LogP) is 15.2. The number of benzene rings is 4. The highest BCUT2D eigenvalue weighted by atomic mass is 79.9. The van der Waals surface area contributed by atoms with Gasteiger partial charge < -0.3 is 29.4 Å². The highest BCUT2D eigenvalue weighted by molar-refractivity contribution is 9.11. The van der Waals surface area contributed by atoms with Crippen LogP contribution in [0.2, 0.25) is 0 Å². The second kappa shape index (κ2) is 22.8. The first-order chi connectivity index (χ1) is 34.8. The number of nitrogens with one attached hydrogen (secondary N) is 2. The van der Waals surface area contributed by atoms with Crippen molar-refractivity contribution in [2.75, 3.05) is 0 Å². The van der Waals surface area contributed by atoms with Gasteiger partial charge in [-0.25, -0.2) is 38.0 Å². The molecule has 12 nitrogen and oxygen atoms in total. The van der Waals surface area contributed by atoms with Gasteiger partial charge in [-0.2, -0.15) is 0 Å². The smallest absolute Gasteiger partial charge is 0.444 e. The Morgan fingerprint density at radius 1 is 0.716 bits per heavy atom.